The molecule has 94 valence electrons. The van der Waals surface area contributed by atoms with Crippen LogP contribution in [0, 0.1) is 22.7 Å². The summed E-state index contributed by atoms with van der Waals surface area (Å²) in [4.78, 5) is 0. The lowest BCUT2D eigenvalue weighted by atomic mass is 9.56. The van der Waals surface area contributed by atoms with Crippen molar-refractivity contribution in [2.45, 2.75) is 41.0 Å². The zero-order chi connectivity index (χ0) is 13.6. The molecule has 0 saturated carbocycles. The molecule has 0 heterocycles. The smallest absolute Gasteiger partial charge is 0.0248 e. The van der Waals surface area contributed by atoms with Crippen LogP contribution in [0.3, 0.4) is 0 Å². The van der Waals surface area contributed by atoms with E-state index >= 15 is 0 Å². The molecule has 0 aliphatic heterocycles. The van der Waals surface area contributed by atoms with E-state index in [1.165, 1.54) is 16.7 Å². The Morgan fingerprint density at radius 1 is 1.17 bits per heavy atom. The Morgan fingerprint density at radius 2 is 1.83 bits per heavy atom. The number of hydrogen-bond donors (Lipinski definition) is 0. The molecule has 0 heteroatoms. The summed E-state index contributed by atoms with van der Waals surface area (Å²) in [7, 11) is 0. The number of benzene rings is 1. The highest BCUT2D eigenvalue weighted by Gasteiger charge is 2.43. The topological polar surface area (TPSA) is 0 Å². The van der Waals surface area contributed by atoms with Crippen LogP contribution < -0.4 is 0 Å². The van der Waals surface area contributed by atoms with E-state index in [2.05, 4.69) is 64.3 Å². The Balaban J connectivity index is 2.59. The van der Waals surface area contributed by atoms with Crippen LogP contribution in [0.25, 0.3) is 5.57 Å². The zero-order valence-electron chi connectivity index (χ0n) is 12.1. The summed E-state index contributed by atoms with van der Waals surface area (Å²) in [5.41, 5.74) is 5.45. The van der Waals surface area contributed by atoms with Gasteiger partial charge in [0.2, 0.25) is 0 Å². The van der Waals surface area contributed by atoms with Crippen LogP contribution >= 0.6 is 0 Å². The van der Waals surface area contributed by atoms with Gasteiger partial charge in [0.25, 0.3) is 0 Å². The van der Waals surface area contributed by atoms with Crippen molar-refractivity contribution in [2.75, 3.05) is 0 Å². The predicted octanol–water partition coefficient (Wildman–Crippen LogP) is 4.68. The molecule has 0 amide bonds. The summed E-state index contributed by atoms with van der Waals surface area (Å²) in [5, 5.41) is 0. The maximum Gasteiger partial charge on any atom is 0.0248 e. The highest BCUT2D eigenvalue weighted by Crippen LogP contribution is 2.54. The van der Waals surface area contributed by atoms with Crippen molar-refractivity contribution in [3.05, 3.63) is 41.5 Å². The third-order valence-electron chi connectivity index (χ3n) is 4.78. The third kappa shape index (κ3) is 1.79. The van der Waals surface area contributed by atoms with Crippen molar-refractivity contribution in [3.63, 3.8) is 0 Å². The van der Waals surface area contributed by atoms with E-state index in [1.807, 2.05) is 6.92 Å². The lowest BCUT2D eigenvalue weighted by Crippen LogP contribution is -2.39. The number of hydrogen-bond acceptors (Lipinski definition) is 0. The summed E-state index contributed by atoms with van der Waals surface area (Å²) < 4.78 is 0. The average Bonchev–Trinajstić information content (AvgIpc) is 2.26. The first-order valence-electron chi connectivity index (χ1n) is 6.55. The molecule has 0 fully saturated rings. The molecule has 0 N–H and O–H groups in total. The second-order valence-corrected chi connectivity index (χ2v) is 6.41. The van der Waals surface area contributed by atoms with E-state index < -0.39 is 0 Å². The summed E-state index contributed by atoms with van der Waals surface area (Å²) in [6.45, 7) is 15.5. The van der Waals surface area contributed by atoms with Crippen LogP contribution in [-0.4, -0.2) is 0 Å². The summed E-state index contributed by atoms with van der Waals surface area (Å²) in [6.07, 6.45) is 1.09. The van der Waals surface area contributed by atoms with Crippen molar-refractivity contribution in [3.8, 4) is 11.8 Å². The van der Waals surface area contributed by atoms with Crippen LogP contribution in [-0.2, 0) is 6.42 Å². The van der Waals surface area contributed by atoms with Gasteiger partial charge in [-0.2, -0.15) is 0 Å². The van der Waals surface area contributed by atoms with Gasteiger partial charge < -0.3 is 0 Å². The van der Waals surface area contributed by atoms with Crippen molar-refractivity contribution in [1.82, 2.24) is 0 Å². The van der Waals surface area contributed by atoms with E-state index in [9.17, 15) is 0 Å². The van der Waals surface area contributed by atoms with Crippen LogP contribution in [0.1, 0.15) is 51.3 Å². The van der Waals surface area contributed by atoms with Crippen molar-refractivity contribution in [1.29, 1.82) is 0 Å². The minimum atomic E-state index is 0.137. The highest BCUT2D eigenvalue weighted by molar-refractivity contribution is 5.74. The number of rotatable bonds is 0. The second-order valence-electron chi connectivity index (χ2n) is 6.41. The van der Waals surface area contributed by atoms with Crippen molar-refractivity contribution < 1.29 is 0 Å². The van der Waals surface area contributed by atoms with Crippen LogP contribution in [0.5, 0.6) is 0 Å². The molecule has 1 aromatic rings. The molecule has 0 radical (unpaired) electrons. The summed E-state index contributed by atoms with van der Waals surface area (Å²) in [5.74, 6) is 6.11. The molecule has 1 aromatic carbocycles. The summed E-state index contributed by atoms with van der Waals surface area (Å²) in [6, 6.07) is 6.53. The van der Waals surface area contributed by atoms with Gasteiger partial charge in [0, 0.05) is 5.56 Å². The van der Waals surface area contributed by atoms with E-state index in [1.54, 1.807) is 0 Å². The molecular weight excluding hydrogens is 216 g/mol. The molecule has 1 aliphatic carbocycles. The predicted molar refractivity (Wildman–Crippen MR) is 79.3 cm³/mol. The minimum absolute atomic E-state index is 0.137. The molecule has 0 bridgehead atoms. The molecule has 1 aliphatic rings. The molecule has 0 spiro atoms. The maximum absolute atomic E-state index is 4.34. The molecule has 0 aromatic heterocycles. The van der Waals surface area contributed by atoms with Gasteiger partial charge in [-0.15, -0.1) is 5.92 Å². The molecular formula is C18H22. The lowest BCUT2D eigenvalue weighted by Gasteiger charge is -2.48. The van der Waals surface area contributed by atoms with Gasteiger partial charge in [0.05, 0.1) is 0 Å². The fraction of sp³-hybridized carbons (Fsp3) is 0.444. The quantitative estimate of drug-likeness (QED) is 0.576. The van der Waals surface area contributed by atoms with Gasteiger partial charge in [-0.25, -0.2) is 0 Å². The Bertz CT molecular complexity index is 559. The zero-order valence-corrected chi connectivity index (χ0v) is 12.1. The fourth-order valence-corrected chi connectivity index (χ4v) is 2.70. The first kappa shape index (κ1) is 13.0. The minimum Gasteiger partial charge on any atom is -0.101 e. The molecule has 0 saturated heterocycles. The molecule has 18 heavy (non-hydrogen) atoms. The van der Waals surface area contributed by atoms with Gasteiger partial charge in [-0.3, -0.25) is 0 Å². The normalized spacial score (nSPS) is 19.7. The second kappa shape index (κ2) is 4.02. The number of fused-ring (bicyclic) bond motifs is 1. The largest absolute Gasteiger partial charge is 0.101 e. The van der Waals surface area contributed by atoms with E-state index in [4.69, 9.17) is 0 Å². The van der Waals surface area contributed by atoms with Gasteiger partial charge >= 0.3 is 0 Å². The Morgan fingerprint density at radius 3 is 2.44 bits per heavy atom. The van der Waals surface area contributed by atoms with Gasteiger partial charge in [0.15, 0.2) is 0 Å². The van der Waals surface area contributed by atoms with Crippen LogP contribution in [0.15, 0.2) is 24.8 Å². The SMILES string of the molecule is C=C1c2ccc(C#CC)cc2CC(C)(C)C1(C)C. The van der Waals surface area contributed by atoms with Crippen molar-refractivity contribution >= 4 is 5.57 Å². The van der Waals surface area contributed by atoms with Crippen molar-refractivity contribution in [2.24, 2.45) is 10.8 Å². The molecule has 2 rings (SSSR count). The highest BCUT2D eigenvalue weighted by atomic mass is 14.5. The first-order valence-corrected chi connectivity index (χ1v) is 6.55. The molecule has 0 atom stereocenters. The molecule has 0 nitrogen and oxygen atoms in total. The molecule has 0 unspecified atom stereocenters. The standard InChI is InChI=1S/C18H22/c1-7-8-14-9-10-16-13(2)18(5,6)17(3,4)12-15(16)11-14/h9-11H,2,12H2,1,3-6H3. The van der Waals surface area contributed by atoms with Gasteiger partial charge in [0.1, 0.15) is 0 Å². The van der Waals surface area contributed by atoms with Gasteiger partial charge in [-0.05, 0) is 53.0 Å². The summed E-state index contributed by atoms with van der Waals surface area (Å²) >= 11 is 0. The van der Waals surface area contributed by atoms with Crippen LogP contribution in [0.4, 0.5) is 0 Å². The Kier molecular flexibility index (Phi) is 2.90. The fourth-order valence-electron chi connectivity index (χ4n) is 2.70. The Labute approximate surface area is 111 Å². The first-order chi connectivity index (χ1) is 8.29. The maximum atomic E-state index is 4.34. The number of allylic oxidation sites excluding steroid dienone is 1. The van der Waals surface area contributed by atoms with Crippen LogP contribution in [0.2, 0.25) is 0 Å². The lowest BCUT2D eigenvalue weighted by molar-refractivity contribution is 0.168. The third-order valence-corrected chi connectivity index (χ3v) is 4.78. The average molecular weight is 238 g/mol. The van der Waals surface area contributed by atoms with E-state index in [0.29, 0.717) is 0 Å². The van der Waals surface area contributed by atoms with E-state index in [0.717, 1.165) is 12.0 Å². The van der Waals surface area contributed by atoms with Gasteiger partial charge in [-0.1, -0.05) is 46.3 Å². The van der Waals surface area contributed by atoms with E-state index in [-0.39, 0.29) is 10.8 Å². The monoisotopic (exact) mass is 238 g/mol. The Hall–Kier alpha value is -1.48.